The molecule has 2 aliphatic rings. The monoisotopic (exact) mass is 544 g/mol. The van der Waals surface area contributed by atoms with E-state index in [2.05, 4.69) is 75.9 Å². The van der Waals surface area contributed by atoms with Crippen molar-refractivity contribution in [1.82, 2.24) is 19.6 Å². The van der Waals surface area contributed by atoms with Crippen LogP contribution in [0.25, 0.3) is 11.1 Å². The van der Waals surface area contributed by atoms with E-state index in [1.807, 2.05) is 24.3 Å². The summed E-state index contributed by atoms with van der Waals surface area (Å²) in [6.07, 6.45) is 1.02. The second-order valence-corrected chi connectivity index (χ2v) is 11.4. The Balaban J connectivity index is 1.09. The van der Waals surface area contributed by atoms with Crippen molar-refractivity contribution in [3.63, 3.8) is 0 Å². The Hall–Kier alpha value is -2.77. The van der Waals surface area contributed by atoms with Gasteiger partial charge in [-0.2, -0.15) is 0 Å². The first kappa shape index (κ1) is 28.7. The van der Waals surface area contributed by atoms with Gasteiger partial charge in [-0.1, -0.05) is 60.7 Å². The van der Waals surface area contributed by atoms with Gasteiger partial charge in [-0.15, -0.1) is 0 Å². The average molecular weight is 545 g/mol. The van der Waals surface area contributed by atoms with E-state index in [-0.39, 0.29) is 5.82 Å². The van der Waals surface area contributed by atoms with Gasteiger partial charge in [0.1, 0.15) is 11.6 Å². The molecule has 6 heteroatoms. The van der Waals surface area contributed by atoms with Crippen LogP contribution in [0.5, 0.6) is 5.75 Å². The highest BCUT2D eigenvalue weighted by molar-refractivity contribution is 5.70. The molecule has 5 rings (SSSR count). The lowest BCUT2D eigenvalue weighted by Crippen LogP contribution is -2.53. The molecule has 3 aromatic rings. The molecule has 0 spiro atoms. The van der Waals surface area contributed by atoms with Gasteiger partial charge in [0.05, 0.1) is 6.61 Å². The number of benzene rings is 3. The van der Waals surface area contributed by atoms with Crippen LogP contribution in [-0.4, -0.2) is 97.7 Å². The third kappa shape index (κ3) is 7.70. The Morgan fingerprint density at radius 3 is 2.02 bits per heavy atom. The number of hydrogen-bond acceptors (Lipinski definition) is 5. The Morgan fingerprint density at radius 1 is 0.700 bits per heavy atom. The summed E-state index contributed by atoms with van der Waals surface area (Å²) in [5.74, 6) is 0.799. The van der Waals surface area contributed by atoms with E-state index in [0.717, 1.165) is 89.8 Å². The summed E-state index contributed by atoms with van der Waals surface area (Å²) in [5, 5.41) is 0. The molecular formula is C34H45FN4O. The zero-order chi connectivity index (χ0) is 27.7. The summed E-state index contributed by atoms with van der Waals surface area (Å²) < 4.78 is 19.9. The summed E-state index contributed by atoms with van der Waals surface area (Å²) in [6.45, 7) is 16.0. The lowest BCUT2D eigenvalue weighted by atomic mass is 10.0. The number of ether oxygens (including phenoxy) is 1. The van der Waals surface area contributed by atoms with Gasteiger partial charge in [-0.05, 0) is 49.6 Å². The van der Waals surface area contributed by atoms with Crippen molar-refractivity contribution >= 4 is 0 Å². The summed E-state index contributed by atoms with van der Waals surface area (Å²) >= 11 is 0. The summed E-state index contributed by atoms with van der Waals surface area (Å²) in [4.78, 5) is 10.3. The normalized spacial score (nSPS) is 18.7. The van der Waals surface area contributed by atoms with Gasteiger partial charge in [0.25, 0.3) is 0 Å². The molecule has 1 unspecified atom stereocenters. The van der Waals surface area contributed by atoms with Crippen LogP contribution in [-0.2, 0) is 0 Å². The fourth-order valence-electron chi connectivity index (χ4n) is 6.04. The van der Waals surface area contributed by atoms with Crippen LogP contribution in [0.15, 0.2) is 78.9 Å². The van der Waals surface area contributed by atoms with Crippen LogP contribution >= 0.6 is 0 Å². The molecule has 2 fully saturated rings. The molecule has 0 radical (unpaired) electrons. The van der Waals surface area contributed by atoms with Gasteiger partial charge < -0.3 is 9.64 Å². The molecule has 0 N–H and O–H groups in total. The van der Waals surface area contributed by atoms with Gasteiger partial charge in [-0.3, -0.25) is 14.7 Å². The second kappa shape index (κ2) is 14.2. The Bertz CT molecular complexity index is 1160. The Kier molecular flexibility index (Phi) is 10.2. The van der Waals surface area contributed by atoms with Crippen molar-refractivity contribution in [3.8, 4) is 16.9 Å². The molecule has 0 amide bonds. The second-order valence-electron chi connectivity index (χ2n) is 11.4. The highest BCUT2D eigenvalue weighted by atomic mass is 19.1. The highest BCUT2D eigenvalue weighted by Gasteiger charge is 2.29. The van der Waals surface area contributed by atoms with Crippen molar-refractivity contribution in [2.24, 2.45) is 0 Å². The maximum atomic E-state index is 13.7. The maximum Gasteiger partial charge on any atom is 0.127 e. The van der Waals surface area contributed by atoms with Gasteiger partial charge >= 0.3 is 0 Å². The van der Waals surface area contributed by atoms with Gasteiger partial charge in [-0.25, -0.2) is 4.39 Å². The molecule has 0 saturated carbocycles. The zero-order valence-electron chi connectivity index (χ0n) is 24.2. The first-order chi connectivity index (χ1) is 19.6. The van der Waals surface area contributed by atoms with Gasteiger partial charge in [0.2, 0.25) is 0 Å². The van der Waals surface area contributed by atoms with E-state index in [1.54, 1.807) is 12.1 Å². The lowest BCUT2D eigenvalue weighted by molar-refractivity contribution is 0.0476. The van der Waals surface area contributed by atoms with Crippen LogP contribution in [0.4, 0.5) is 4.39 Å². The number of piperazine rings is 2. The van der Waals surface area contributed by atoms with E-state index in [4.69, 9.17) is 4.74 Å². The van der Waals surface area contributed by atoms with Crippen molar-refractivity contribution in [3.05, 3.63) is 90.2 Å². The molecule has 2 aliphatic heterocycles. The third-order valence-electron chi connectivity index (χ3n) is 8.52. The maximum absolute atomic E-state index is 13.7. The van der Waals surface area contributed by atoms with Gasteiger partial charge in [0.15, 0.2) is 0 Å². The van der Waals surface area contributed by atoms with Crippen LogP contribution in [0.2, 0.25) is 0 Å². The smallest absolute Gasteiger partial charge is 0.127 e. The van der Waals surface area contributed by atoms with Crippen molar-refractivity contribution in [2.75, 3.05) is 72.1 Å². The molecule has 2 saturated heterocycles. The third-order valence-corrected chi connectivity index (χ3v) is 8.52. The standard InChI is InChI=1S/C34H45FN4O/c1-28(2)38-22-24-39(25-23-38)33(30-13-15-31(35)16-14-30)27-37-20-18-36(19-21-37)17-8-26-40-34-12-7-6-11-32(34)29-9-4-3-5-10-29/h3-7,9-16,28,33H,8,17-27H2,1-2H3. The van der Waals surface area contributed by atoms with E-state index < -0.39 is 0 Å². The molecule has 5 nitrogen and oxygen atoms in total. The van der Waals surface area contributed by atoms with Crippen LogP contribution < -0.4 is 4.74 Å². The minimum Gasteiger partial charge on any atom is -0.493 e. The largest absolute Gasteiger partial charge is 0.493 e. The molecule has 3 aromatic carbocycles. The molecule has 40 heavy (non-hydrogen) atoms. The predicted molar refractivity (Wildman–Crippen MR) is 162 cm³/mol. The highest BCUT2D eigenvalue weighted by Crippen LogP contribution is 2.30. The minimum atomic E-state index is -0.159. The van der Waals surface area contributed by atoms with E-state index in [1.165, 1.54) is 11.1 Å². The number of para-hydroxylation sites is 1. The van der Waals surface area contributed by atoms with Crippen LogP contribution in [0.1, 0.15) is 31.9 Å². The van der Waals surface area contributed by atoms with Gasteiger partial charge in [0, 0.05) is 83.1 Å². The molecule has 2 heterocycles. The lowest BCUT2D eigenvalue weighted by Gasteiger charge is -2.43. The topological polar surface area (TPSA) is 22.2 Å². The van der Waals surface area contributed by atoms with Crippen molar-refractivity contribution < 1.29 is 9.13 Å². The molecule has 0 bridgehead atoms. The van der Waals surface area contributed by atoms with E-state index in [9.17, 15) is 4.39 Å². The number of hydrogen-bond donors (Lipinski definition) is 0. The number of rotatable bonds is 11. The quantitative estimate of drug-likeness (QED) is 0.290. The fourth-order valence-corrected chi connectivity index (χ4v) is 6.04. The first-order valence-corrected chi connectivity index (χ1v) is 15.0. The van der Waals surface area contributed by atoms with Crippen molar-refractivity contribution in [1.29, 1.82) is 0 Å². The summed E-state index contributed by atoms with van der Waals surface area (Å²) in [6, 6.07) is 26.9. The zero-order valence-corrected chi connectivity index (χ0v) is 24.2. The average Bonchev–Trinajstić information content (AvgIpc) is 3.00. The number of halogens is 1. The molecule has 0 aliphatic carbocycles. The minimum absolute atomic E-state index is 0.159. The number of nitrogens with zero attached hydrogens (tertiary/aromatic N) is 4. The molecule has 0 aromatic heterocycles. The van der Waals surface area contributed by atoms with Crippen LogP contribution in [0.3, 0.4) is 0 Å². The fraction of sp³-hybridized carbons (Fsp3) is 0.471. The van der Waals surface area contributed by atoms with Crippen molar-refractivity contribution in [2.45, 2.75) is 32.4 Å². The summed E-state index contributed by atoms with van der Waals surface area (Å²) in [7, 11) is 0. The van der Waals surface area contributed by atoms with Crippen LogP contribution in [0, 0.1) is 5.82 Å². The van der Waals surface area contributed by atoms with E-state index >= 15 is 0 Å². The van der Waals surface area contributed by atoms with E-state index in [0.29, 0.717) is 12.1 Å². The summed E-state index contributed by atoms with van der Waals surface area (Å²) in [5.41, 5.74) is 3.57. The SMILES string of the molecule is CC(C)N1CCN(C(CN2CCN(CCCOc3ccccc3-c3ccccc3)CC2)c2ccc(F)cc2)CC1. The Labute approximate surface area is 240 Å². The molecule has 214 valence electrons. The first-order valence-electron chi connectivity index (χ1n) is 15.0. The predicted octanol–water partition coefficient (Wildman–Crippen LogP) is 5.65. The molecular weight excluding hydrogens is 499 g/mol. The molecule has 1 atom stereocenters. The Morgan fingerprint density at radius 2 is 1.32 bits per heavy atom.